The first-order valence-electron chi connectivity index (χ1n) is 8.22. The molecule has 5 nitrogen and oxygen atoms in total. The van der Waals surface area contributed by atoms with Crippen molar-refractivity contribution in [3.8, 4) is 0 Å². The molecule has 2 aliphatic heterocycles. The van der Waals surface area contributed by atoms with Crippen molar-refractivity contribution in [2.45, 2.75) is 12.3 Å². The Bertz CT molecular complexity index is 494. The largest absolute Gasteiger partial charge is 0.379 e. The number of hydrogen-bond donors (Lipinski definition) is 2. The van der Waals surface area contributed by atoms with E-state index >= 15 is 0 Å². The van der Waals surface area contributed by atoms with E-state index in [9.17, 15) is 4.79 Å². The first-order valence-corrected chi connectivity index (χ1v) is 8.22. The maximum Gasteiger partial charge on any atom is 0.251 e. The number of rotatable bonds is 5. The highest BCUT2D eigenvalue weighted by molar-refractivity contribution is 5.94. The number of benzene rings is 1. The lowest BCUT2D eigenvalue weighted by atomic mass is 9.96. The molecule has 120 valence electrons. The Kier molecular flexibility index (Phi) is 5.43. The van der Waals surface area contributed by atoms with Crippen molar-refractivity contribution >= 4 is 5.91 Å². The van der Waals surface area contributed by atoms with Crippen LogP contribution in [-0.2, 0) is 4.74 Å². The molecule has 0 unspecified atom stereocenters. The molecule has 0 bridgehead atoms. The van der Waals surface area contributed by atoms with Crippen LogP contribution < -0.4 is 10.6 Å². The van der Waals surface area contributed by atoms with Gasteiger partial charge in [-0.25, -0.2) is 0 Å². The fourth-order valence-electron chi connectivity index (χ4n) is 3.13. The van der Waals surface area contributed by atoms with Crippen LogP contribution in [0.4, 0.5) is 0 Å². The molecule has 2 fully saturated rings. The zero-order valence-electron chi connectivity index (χ0n) is 13.0. The highest BCUT2D eigenvalue weighted by Crippen LogP contribution is 2.22. The summed E-state index contributed by atoms with van der Waals surface area (Å²) >= 11 is 0. The topological polar surface area (TPSA) is 53.6 Å². The molecule has 1 amide bonds. The molecule has 2 heterocycles. The van der Waals surface area contributed by atoms with Gasteiger partial charge in [-0.05, 0) is 36.6 Å². The van der Waals surface area contributed by atoms with Gasteiger partial charge in [-0.3, -0.25) is 9.69 Å². The standard InChI is InChI=1S/C17H25N3O2/c21-17(19-6-7-20-8-10-22-11-9-20)15-3-1-2-14(12-15)16-4-5-18-13-16/h1-3,12,16,18H,4-11,13H2,(H,19,21)/t16-/m1/s1. The van der Waals surface area contributed by atoms with Crippen molar-refractivity contribution in [3.63, 3.8) is 0 Å². The van der Waals surface area contributed by atoms with Crippen LogP contribution in [0.25, 0.3) is 0 Å². The Hall–Kier alpha value is -1.43. The summed E-state index contributed by atoms with van der Waals surface area (Å²) < 4.78 is 5.32. The van der Waals surface area contributed by atoms with E-state index in [4.69, 9.17) is 4.74 Å². The van der Waals surface area contributed by atoms with Crippen molar-refractivity contribution in [2.75, 3.05) is 52.5 Å². The Balaban J connectivity index is 1.49. The number of nitrogens with zero attached hydrogens (tertiary/aromatic N) is 1. The van der Waals surface area contributed by atoms with E-state index in [1.54, 1.807) is 0 Å². The summed E-state index contributed by atoms with van der Waals surface area (Å²) in [6, 6.07) is 8.06. The molecular formula is C17H25N3O2. The molecule has 22 heavy (non-hydrogen) atoms. The van der Waals surface area contributed by atoms with Gasteiger partial charge < -0.3 is 15.4 Å². The summed E-state index contributed by atoms with van der Waals surface area (Å²) in [5.74, 6) is 0.571. The Labute approximate surface area is 132 Å². The van der Waals surface area contributed by atoms with Gasteiger partial charge in [0.1, 0.15) is 0 Å². The normalized spacial score (nSPS) is 22.6. The molecule has 2 saturated heterocycles. The quantitative estimate of drug-likeness (QED) is 0.846. The van der Waals surface area contributed by atoms with E-state index in [-0.39, 0.29) is 5.91 Å². The Morgan fingerprint density at radius 3 is 3.00 bits per heavy atom. The summed E-state index contributed by atoms with van der Waals surface area (Å²) in [6.07, 6.45) is 1.15. The predicted molar refractivity (Wildman–Crippen MR) is 86.3 cm³/mol. The zero-order chi connectivity index (χ0) is 15.2. The molecule has 2 aliphatic rings. The van der Waals surface area contributed by atoms with Crippen molar-refractivity contribution in [1.82, 2.24) is 15.5 Å². The summed E-state index contributed by atoms with van der Waals surface area (Å²) in [7, 11) is 0. The van der Waals surface area contributed by atoms with Crippen LogP contribution in [0.15, 0.2) is 24.3 Å². The van der Waals surface area contributed by atoms with Crippen LogP contribution in [-0.4, -0.2) is 63.3 Å². The number of amides is 1. The number of carbonyl (C=O) groups excluding carboxylic acids is 1. The summed E-state index contributed by atoms with van der Waals surface area (Å²) in [5.41, 5.74) is 2.04. The van der Waals surface area contributed by atoms with Gasteiger partial charge in [-0.15, -0.1) is 0 Å². The second-order valence-corrected chi connectivity index (χ2v) is 6.03. The van der Waals surface area contributed by atoms with E-state index in [0.717, 1.165) is 57.9 Å². The van der Waals surface area contributed by atoms with Crippen LogP contribution >= 0.6 is 0 Å². The monoisotopic (exact) mass is 303 g/mol. The SMILES string of the molecule is O=C(NCCN1CCOCC1)c1cccc([C@@H]2CCNC2)c1. The fourth-order valence-corrected chi connectivity index (χ4v) is 3.13. The van der Waals surface area contributed by atoms with Gasteiger partial charge in [0.05, 0.1) is 13.2 Å². The van der Waals surface area contributed by atoms with Crippen molar-refractivity contribution in [3.05, 3.63) is 35.4 Å². The van der Waals surface area contributed by atoms with Gasteiger partial charge in [-0.2, -0.15) is 0 Å². The van der Waals surface area contributed by atoms with Crippen LogP contribution in [0, 0.1) is 0 Å². The molecule has 1 aromatic rings. The Morgan fingerprint density at radius 2 is 2.23 bits per heavy atom. The highest BCUT2D eigenvalue weighted by Gasteiger charge is 2.17. The first kappa shape index (κ1) is 15.5. The third-order valence-electron chi connectivity index (χ3n) is 4.50. The van der Waals surface area contributed by atoms with Gasteiger partial charge in [0, 0.05) is 38.3 Å². The van der Waals surface area contributed by atoms with E-state index in [0.29, 0.717) is 12.5 Å². The average molecular weight is 303 g/mol. The number of ether oxygens (including phenoxy) is 1. The van der Waals surface area contributed by atoms with Crippen molar-refractivity contribution < 1.29 is 9.53 Å². The lowest BCUT2D eigenvalue weighted by Gasteiger charge is -2.26. The fraction of sp³-hybridized carbons (Fsp3) is 0.588. The molecule has 0 saturated carbocycles. The number of morpholine rings is 1. The minimum absolute atomic E-state index is 0.0288. The molecule has 0 spiro atoms. The third kappa shape index (κ3) is 4.06. The molecule has 1 aromatic carbocycles. The van der Waals surface area contributed by atoms with Gasteiger partial charge in [0.2, 0.25) is 0 Å². The average Bonchev–Trinajstić information content (AvgIpc) is 3.10. The van der Waals surface area contributed by atoms with E-state index < -0.39 is 0 Å². The lowest BCUT2D eigenvalue weighted by Crippen LogP contribution is -2.41. The number of nitrogens with one attached hydrogen (secondary N) is 2. The molecule has 5 heteroatoms. The molecular weight excluding hydrogens is 278 g/mol. The molecule has 3 rings (SSSR count). The van der Waals surface area contributed by atoms with Crippen LogP contribution in [0.2, 0.25) is 0 Å². The van der Waals surface area contributed by atoms with Gasteiger partial charge >= 0.3 is 0 Å². The molecule has 2 N–H and O–H groups in total. The molecule has 0 radical (unpaired) electrons. The van der Waals surface area contributed by atoms with E-state index in [2.05, 4.69) is 21.6 Å². The van der Waals surface area contributed by atoms with E-state index in [1.165, 1.54) is 5.56 Å². The first-order chi connectivity index (χ1) is 10.8. The van der Waals surface area contributed by atoms with E-state index in [1.807, 2.05) is 18.2 Å². The molecule has 0 aromatic heterocycles. The number of hydrogen-bond acceptors (Lipinski definition) is 4. The third-order valence-corrected chi connectivity index (χ3v) is 4.50. The lowest BCUT2D eigenvalue weighted by molar-refractivity contribution is 0.0383. The smallest absolute Gasteiger partial charge is 0.251 e. The highest BCUT2D eigenvalue weighted by atomic mass is 16.5. The van der Waals surface area contributed by atoms with Crippen molar-refractivity contribution in [1.29, 1.82) is 0 Å². The van der Waals surface area contributed by atoms with Crippen LogP contribution in [0.5, 0.6) is 0 Å². The summed E-state index contributed by atoms with van der Waals surface area (Å²) in [4.78, 5) is 14.6. The molecule has 1 atom stereocenters. The maximum absolute atomic E-state index is 12.3. The van der Waals surface area contributed by atoms with Crippen molar-refractivity contribution in [2.24, 2.45) is 0 Å². The van der Waals surface area contributed by atoms with Gasteiger partial charge in [0.15, 0.2) is 0 Å². The predicted octanol–water partition coefficient (Wildman–Crippen LogP) is 0.826. The maximum atomic E-state index is 12.3. The zero-order valence-corrected chi connectivity index (χ0v) is 13.0. The number of carbonyl (C=O) groups is 1. The van der Waals surface area contributed by atoms with Crippen LogP contribution in [0.3, 0.4) is 0 Å². The minimum atomic E-state index is 0.0288. The summed E-state index contributed by atoms with van der Waals surface area (Å²) in [6.45, 7) is 7.18. The second kappa shape index (κ2) is 7.72. The van der Waals surface area contributed by atoms with Gasteiger partial charge in [0.25, 0.3) is 5.91 Å². The minimum Gasteiger partial charge on any atom is -0.379 e. The van der Waals surface area contributed by atoms with Crippen LogP contribution in [0.1, 0.15) is 28.3 Å². The summed E-state index contributed by atoms with van der Waals surface area (Å²) in [5, 5.41) is 6.40. The Morgan fingerprint density at radius 1 is 1.36 bits per heavy atom. The second-order valence-electron chi connectivity index (χ2n) is 6.03. The van der Waals surface area contributed by atoms with Gasteiger partial charge in [-0.1, -0.05) is 12.1 Å². The molecule has 0 aliphatic carbocycles.